The first-order valence-electron chi connectivity index (χ1n) is 5.28. The zero-order valence-corrected chi connectivity index (χ0v) is 9.60. The van der Waals surface area contributed by atoms with E-state index in [9.17, 15) is 0 Å². The number of hydrogen-bond donors (Lipinski definition) is 2. The number of nitrogens with zero attached hydrogens (tertiary/aromatic N) is 1. The molecule has 0 rings (SSSR count). The highest BCUT2D eigenvalue weighted by atomic mass is 32.1. The number of unbranched alkanes of at least 4 members (excludes halogenated alkanes) is 6. The van der Waals surface area contributed by atoms with Crippen LogP contribution in [0, 0.1) is 0 Å². The molecule has 3 heteroatoms. The van der Waals surface area contributed by atoms with Crippen LogP contribution < -0.4 is 0 Å². The summed E-state index contributed by atoms with van der Waals surface area (Å²) in [5.41, 5.74) is 0. The third kappa shape index (κ3) is 12.3. The zero-order valence-electron chi connectivity index (χ0n) is 8.71. The Balaban J connectivity index is 2.84. The molecule has 0 atom stereocenters. The van der Waals surface area contributed by atoms with Gasteiger partial charge in [0.1, 0.15) is 0 Å². The minimum atomic E-state index is 0.352. The molecule has 0 aromatic rings. The molecule has 0 fully saturated rings. The lowest BCUT2D eigenvalue weighted by Gasteiger charge is -2.07. The highest BCUT2D eigenvalue weighted by Gasteiger charge is 1.92. The third-order valence-electron chi connectivity index (χ3n) is 2.14. The summed E-state index contributed by atoms with van der Waals surface area (Å²) in [6.07, 6.45) is 8.63. The molecule has 0 aromatic heterocycles. The van der Waals surface area contributed by atoms with Crippen molar-refractivity contribution in [3.63, 3.8) is 0 Å². The van der Waals surface area contributed by atoms with Crippen LogP contribution in [0.25, 0.3) is 0 Å². The van der Waals surface area contributed by atoms with Crippen molar-refractivity contribution in [1.29, 1.82) is 0 Å². The van der Waals surface area contributed by atoms with Gasteiger partial charge in [0, 0.05) is 13.2 Å². The van der Waals surface area contributed by atoms with Gasteiger partial charge in [0.2, 0.25) is 0 Å². The van der Waals surface area contributed by atoms with Crippen molar-refractivity contribution < 1.29 is 5.11 Å². The molecule has 0 aliphatic carbocycles. The smallest absolute Gasteiger partial charge is 0.0431 e. The Hall–Kier alpha value is 0.270. The van der Waals surface area contributed by atoms with Crippen LogP contribution in [0.5, 0.6) is 0 Å². The van der Waals surface area contributed by atoms with E-state index in [4.69, 9.17) is 5.11 Å². The van der Waals surface area contributed by atoms with Crippen molar-refractivity contribution in [3.8, 4) is 0 Å². The Labute approximate surface area is 87.9 Å². The lowest BCUT2D eigenvalue weighted by atomic mass is 10.1. The summed E-state index contributed by atoms with van der Waals surface area (Å²) in [4.78, 5) is 0. The van der Waals surface area contributed by atoms with Gasteiger partial charge in [0.25, 0.3) is 0 Å². The minimum absolute atomic E-state index is 0.352. The van der Waals surface area contributed by atoms with Crippen LogP contribution in [0.4, 0.5) is 0 Å². The van der Waals surface area contributed by atoms with Crippen LogP contribution in [0.1, 0.15) is 44.9 Å². The molecule has 0 heterocycles. The Kier molecular flexibility index (Phi) is 10.6. The van der Waals surface area contributed by atoms with Crippen molar-refractivity contribution >= 4 is 12.8 Å². The van der Waals surface area contributed by atoms with Crippen molar-refractivity contribution in [2.75, 3.05) is 20.2 Å². The summed E-state index contributed by atoms with van der Waals surface area (Å²) < 4.78 is 1.94. The highest BCUT2D eigenvalue weighted by molar-refractivity contribution is 7.77. The number of hydrogen-bond acceptors (Lipinski definition) is 3. The summed E-state index contributed by atoms with van der Waals surface area (Å²) in [5.74, 6) is 0. The van der Waals surface area contributed by atoms with E-state index in [1.165, 1.54) is 38.5 Å². The number of rotatable bonds is 9. The van der Waals surface area contributed by atoms with Crippen LogP contribution in [0.15, 0.2) is 0 Å². The van der Waals surface area contributed by atoms with Gasteiger partial charge >= 0.3 is 0 Å². The van der Waals surface area contributed by atoms with E-state index >= 15 is 0 Å². The topological polar surface area (TPSA) is 23.5 Å². The fourth-order valence-corrected chi connectivity index (χ4v) is 1.48. The van der Waals surface area contributed by atoms with Gasteiger partial charge in [-0.25, -0.2) is 0 Å². The maximum Gasteiger partial charge on any atom is 0.0431 e. The van der Waals surface area contributed by atoms with E-state index in [2.05, 4.69) is 12.8 Å². The Morgan fingerprint density at radius 3 is 1.85 bits per heavy atom. The summed E-state index contributed by atoms with van der Waals surface area (Å²) >= 11 is 4.17. The van der Waals surface area contributed by atoms with E-state index in [0.717, 1.165) is 13.0 Å². The Morgan fingerprint density at radius 2 is 1.38 bits per heavy atom. The maximum absolute atomic E-state index is 8.55. The van der Waals surface area contributed by atoms with Crippen molar-refractivity contribution in [3.05, 3.63) is 0 Å². The monoisotopic (exact) mass is 205 g/mol. The lowest BCUT2D eigenvalue weighted by Crippen LogP contribution is -2.05. The van der Waals surface area contributed by atoms with Crippen LogP contribution in [-0.4, -0.2) is 29.6 Å². The van der Waals surface area contributed by atoms with E-state index in [-0.39, 0.29) is 0 Å². The summed E-state index contributed by atoms with van der Waals surface area (Å²) in [5, 5.41) is 8.55. The molecule has 0 aliphatic heterocycles. The molecule has 1 N–H and O–H groups in total. The van der Waals surface area contributed by atoms with Gasteiger partial charge in [0.05, 0.1) is 0 Å². The van der Waals surface area contributed by atoms with Gasteiger partial charge in [-0.2, -0.15) is 0 Å². The molecule has 0 aromatic carbocycles. The first-order valence-corrected chi connectivity index (χ1v) is 5.68. The predicted molar refractivity (Wildman–Crippen MR) is 61.0 cm³/mol. The minimum Gasteiger partial charge on any atom is -0.396 e. The van der Waals surface area contributed by atoms with E-state index in [0.29, 0.717) is 6.61 Å². The van der Waals surface area contributed by atoms with Crippen LogP contribution in [0.2, 0.25) is 0 Å². The standard InChI is InChI=1S/C10H23NOS/c1-11(13)9-7-5-3-2-4-6-8-10-12/h12-13H,2-10H2,1H3. The van der Waals surface area contributed by atoms with Gasteiger partial charge in [-0.3, -0.25) is 4.31 Å². The highest BCUT2D eigenvalue weighted by Crippen LogP contribution is 2.07. The average Bonchev–Trinajstić information content (AvgIpc) is 2.09. The van der Waals surface area contributed by atoms with Crippen LogP contribution >= 0.6 is 12.8 Å². The molecule has 0 saturated heterocycles. The van der Waals surface area contributed by atoms with Gasteiger partial charge in [-0.15, -0.1) is 0 Å². The summed E-state index contributed by atoms with van der Waals surface area (Å²) in [6, 6.07) is 0. The van der Waals surface area contributed by atoms with Gasteiger partial charge in [-0.05, 0) is 19.9 Å². The van der Waals surface area contributed by atoms with Gasteiger partial charge in [-0.1, -0.05) is 44.9 Å². The first kappa shape index (κ1) is 13.3. The molecule has 0 unspecified atom stereocenters. The predicted octanol–water partition coefficient (Wildman–Crippen LogP) is 2.49. The molecular weight excluding hydrogens is 182 g/mol. The quantitative estimate of drug-likeness (QED) is 0.446. The van der Waals surface area contributed by atoms with E-state index in [1.54, 1.807) is 0 Å². The molecule has 2 nitrogen and oxygen atoms in total. The summed E-state index contributed by atoms with van der Waals surface area (Å²) in [6.45, 7) is 1.43. The van der Waals surface area contributed by atoms with Crippen molar-refractivity contribution in [1.82, 2.24) is 4.31 Å². The molecule has 0 aliphatic rings. The fraction of sp³-hybridized carbons (Fsp3) is 1.00. The first-order chi connectivity index (χ1) is 6.27. The Morgan fingerprint density at radius 1 is 0.923 bits per heavy atom. The average molecular weight is 205 g/mol. The molecule has 0 spiro atoms. The molecular formula is C10H23NOS. The molecule has 0 saturated carbocycles. The van der Waals surface area contributed by atoms with E-state index in [1.807, 2.05) is 11.4 Å². The number of thiol groups is 1. The molecule has 0 radical (unpaired) electrons. The Bertz CT molecular complexity index is 98.9. The van der Waals surface area contributed by atoms with Gasteiger partial charge < -0.3 is 5.11 Å². The van der Waals surface area contributed by atoms with Crippen molar-refractivity contribution in [2.45, 2.75) is 44.9 Å². The van der Waals surface area contributed by atoms with Crippen molar-refractivity contribution in [2.24, 2.45) is 0 Å². The van der Waals surface area contributed by atoms with Crippen LogP contribution in [-0.2, 0) is 0 Å². The third-order valence-corrected chi connectivity index (χ3v) is 2.34. The second-order valence-corrected chi connectivity index (χ2v) is 4.26. The zero-order chi connectivity index (χ0) is 9.94. The normalized spacial score (nSPS) is 11.1. The molecule has 0 bridgehead atoms. The molecule has 13 heavy (non-hydrogen) atoms. The second-order valence-electron chi connectivity index (χ2n) is 3.58. The summed E-state index contributed by atoms with van der Waals surface area (Å²) in [7, 11) is 1.99. The lowest BCUT2D eigenvalue weighted by molar-refractivity contribution is 0.282. The van der Waals surface area contributed by atoms with Gasteiger partial charge in [0.15, 0.2) is 0 Å². The number of aliphatic hydroxyl groups excluding tert-OH is 1. The maximum atomic E-state index is 8.55. The molecule has 80 valence electrons. The second kappa shape index (κ2) is 10.4. The SMILES string of the molecule is CN(S)CCCCCCCCCO. The largest absolute Gasteiger partial charge is 0.396 e. The van der Waals surface area contributed by atoms with Crippen LogP contribution in [0.3, 0.4) is 0 Å². The fourth-order valence-electron chi connectivity index (χ4n) is 1.34. The van der Waals surface area contributed by atoms with E-state index < -0.39 is 0 Å². The number of aliphatic hydroxyl groups is 1. The molecule has 0 amide bonds.